The van der Waals surface area contributed by atoms with Gasteiger partial charge in [0.1, 0.15) is 29.9 Å². The SMILES string of the molecule is CC(OC(=O)OC1CCCCC1)C(C(=O)O)[C@@H](CC1(c2cccc(Cl)c2)C=CC=CC1F)NC(=O)OC(C)(C)C. The second kappa shape index (κ2) is 13.5. The summed E-state index contributed by atoms with van der Waals surface area (Å²) in [5, 5.41) is 13.3. The highest BCUT2D eigenvalue weighted by atomic mass is 35.5. The maximum atomic E-state index is 15.8. The molecule has 1 fully saturated rings. The Bertz CT molecular complexity index is 1110. The number of rotatable bonds is 9. The molecule has 1 saturated carbocycles. The predicted octanol–water partition coefficient (Wildman–Crippen LogP) is 6.90. The summed E-state index contributed by atoms with van der Waals surface area (Å²) >= 11 is 6.25. The maximum Gasteiger partial charge on any atom is 0.508 e. The number of halogens is 2. The number of alkyl halides is 1. The van der Waals surface area contributed by atoms with Gasteiger partial charge in [-0.25, -0.2) is 14.0 Å². The van der Waals surface area contributed by atoms with Crippen LogP contribution in [0.1, 0.15) is 71.8 Å². The predicted molar refractivity (Wildman–Crippen MR) is 149 cm³/mol. The molecule has 5 atom stereocenters. The molecule has 2 N–H and O–H groups in total. The van der Waals surface area contributed by atoms with Crippen LogP contribution in [0.25, 0.3) is 0 Å². The third kappa shape index (κ3) is 8.46. The van der Waals surface area contributed by atoms with Crippen molar-refractivity contribution < 1.29 is 38.1 Å². The number of hydrogen-bond donors (Lipinski definition) is 2. The Labute approximate surface area is 239 Å². The van der Waals surface area contributed by atoms with Gasteiger partial charge in [0.15, 0.2) is 0 Å². The van der Waals surface area contributed by atoms with Crippen LogP contribution in [0.3, 0.4) is 0 Å². The molecule has 0 aromatic heterocycles. The van der Waals surface area contributed by atoms with Crippen molar-refractivity contribution in [1.82, 2.24) is 5.32 Å². The Morgan fingerprint density at radius 2 is 1.88 bits per heavy atom. The summed E-state index contributed by atoms with van der Waals surface area (Å²) < 4.78 is 32.1. The van der Waals surface area contributed by atoms with Crippen LogP contribution in [0.15, 0.2) is 48.6 Å². The van der Waals surface area contributed by atoms with Crippen molar-refractivity contribution in [2.45, 2.75) is 102 Å². The van der Waals surface area contributed by atoms with Crippen LogP contribution < -0.4 is 5.32 Å². The monoisotopic (exact) mass is 579 g/mol. The molecule has 0 aliphatic heterocycles. The molecule has 0 spiro atoms. The molecule has 10 heteroatoms. The van der Waals surface area contributed by atoms with E-state index >= 15 is 4.39 Å². The van der Waals surface area contributed by atoms with Gasteiger partial charge in [-0.05, 0) is 83.6 Å². The van der Waals surface area contributed by atoms with Crippen molar-refractivity contribution in [3.8, 4) is 0 Å². The van der Waals surface area contributed by atoms with E-state index in [-0.39, 0.29) is 12.5 Å². The smallest absolute Gasteiger partial charge is 0.481 e. The van der Waals surface area contributed by atoms with E-state index < -0.39 is 53.5 Å². The summed E-state index contributed by atoms with van der Waals surface area (Å²) in [6.45, 7) is 6.43. The number of ether oxygens (including phenoxy) is 3. The second-order valence-corrected chi connectivity index (χ2v) is 11.9. The zero-order valence-corrected chi connectivity index (χ0v) is 24.2. The van der Waals surface area contributed by atoms with E-state index in [1.54, 1.807) is 63.3 Å². The number of aliphatic carboxylic acids is 1. The highest BCUT2D eigenvalue weighted by Gasteiger charge is 2.46. The summed E-state index contributed by atoms with van der Waals surface area (Å²) in [6.07, 6.45) is 5.45. The van der Waals surface area contributed by atoms with Crippen molar-refractivity contribution in [2.24, 2.45) is 5.92 Å². The molecular formula is C30H39ClFNO7. The van der Waals surface area contributed by atoms with E-state index in [4.69, 9.17) is 25.8 Å². The molecule has 0 heterocycles. The van der Waals surface area contributed by atoms with Crippen LogP contribution in [0, 0.1) is 5.92 Å². The van der Waals surface area contributed by atoms with E-state index in [9.17, 15) is 19.5 Å². The summed E-state index contributed by atoms with van der Waals surface area (Å²) in [6, 6.07) is 5.41. The van der Waals surface area contributed by atoms with Crippen LogP contribution in [0.2, 0.25) is 5.02 Å². The number of hydrogen-bond acceptors (Lipinski definition) is 6. The summed E-state index contributed by atoms with van der Waals surface area (Å²) in [4.78, 5) is 38.2. The molecule has 220 valence electrons. The standard InChI is InChI=1S/C30H39ClFNO7/c1-19(38-28(37)39-22-13-6-5-7-14-22)25(26(34)35)23(33-27(36)40-29(2,3)4)18-30(16-9-8-15-24(30)32)20-11-10-12-21(31)17-20/h8-12,15-17,19,22-25H,5-7,13-14,18H2,1-4H3,(H,33,36)(H,34,35)/t19?,23-,24?,25?,30?/m1/s1. The van der Waals surface area contributed by atoms with Gasteiger partial charge in [0, 0.05) is 5.02 Å². The Kier molecular flexibility index (Phi) is 10.6. The molecule has 0 saturated heterocycles. The lowest BCUT2D eigenvalue weighted by atomic mass is 9.68. The topological polar surface area (TPSA) is 111 Å². The number of allylic oxidation sites excluding steroid dienone is 4. The molecule has 0 bridgehead atoms. The van der Waals surface area contributed by atoms with E-state index in [1.165, 1.54) is 13.0 Å². The van der Waals surface area contributed by atoms with Crippen LogP contribution >= 0.6 is 11.6 Å². The first-order valence-corrected chi connectivity index (χ1v) is 14.0. The highest BCUT2D eigenvalue weighted by Crippen LogP contribution is 2.41. The van der Waals surface area contributed by atoms with Gasteiger partial charge < -0.3 is 24.6 Å². The number of carbonyl (C=O) groups excluding carboxylic acids is 2. The summed E-state index contributed by atoms with van der Waals surface area (Å²) in [5.41, 5.74) is -1.76. The average molecular weight is 580 g/mol. The van der Waals surface area contributed by atoms with Crippen molar-refractivity contribution in [1.29, 1.82) is 0 Å². The molecule has 1 aromatic carbocycles. The summed E-state index contributed by atoms with van der Waals surface area (Å²) in [5.74, 6) is -2.81. The first-order chi connectivity index (χ1) is 18.8. The lowest BCUT2D eigenvalue weighted by molar-refractivity contribution is -0.147. The van der Waals surface area contributed by atoms with Crippen molar-refractivity contribution in [3.63, 3.8) is 0 Å². The van der Waals surface area contributed by atoms with Gasteiger partial charge in [-0.1, -0.05) is 48.4 Å². The largest absolute Gasteiger partial charge is 0.508 e. The second-order valence-electron chi connectivity index (χ2n) is 11.5. The van der Waals surface area contributed by atoms with Gasteiger partial charge >= 0.3 is 18.2 Å². The lowest BCUT2D eigenvalue weighted by Gasteiger charge is -2.40. The third-order valence-corrected chi connectivity index (χ3v) is 7.46. The molecule has 2 aliphatic rings. The maximum absolute atomic E-state index is 15.8. The number of carboxylic acid groups (broad SMARTS) is 1. The molecule has 2 aliphatic carbocycles. The average Bonchev–Trinajstić information content (AvgIpc) is 2.84. The fourth-order valence-electron chi connectivity index (χ4n) is 5.35. The first-order valence-electron chi connectivity index (χ1n) is 13.7. The third-order valence-electron chi connectivity index (χ3n) is 7.22. The number of alkyl carbamates (subject to hydrolysis) is 1. The zero-order valence-electron chi connectivity index (χ0n) is 23.4. The normalized spacial score (nSPS) is 23.5. The van der Waals surface area contributed by atoms with Crippen LogP contribution in [0.5, 0.6) is 0 Å². The number of carboxylic acids is 1. The number of carbonyl (C=O) groups is 3. The van der Waals surface area contributed by atoms with E-state index in [2.05, 4.69) is 5.32 Å². The fraction of sp³-hybridized carbons (Fsp3) is 0.567. The molecule has 0 radical (unpaired) electrons. The first kappa shape index (κ1) is 31.5. The summed E-state index contributed by atoms with van der Waals surface area (Å²) in [7, 11) is 0. The van der Waals surface area contributed by atoms with Gasteiger partial charge in [-0.15, -0.1) is 0 Å². The van der Waals surface area contributed by atoms with Gasteiger partial charge in [0.05, 0.1) is 11.5 Å². The van der Waals surface area contributed by atoms with Gasteiger partial charge in [0.2, 0.25) is 0 Å². The molecule has 3 rings (SSSR count). The zero-order chi connectivity index (χ0) is 29.5. The molecule has 8 nitrogen and oxygen atoms in total. The Morgan fingerprint density at radius 1 is 1.18 bits per heavy atom. The Hall–Kier alpha value is -3.07. The molecule has 1 amide bonds. The van der Waals surface area contributed by atoms with Crippen molar-refractivity contribution in [3.05, 3.63) is 59.2 Å². The van der Waals surface area contributed by atoms with E-state index in [0.717, 1.165) is 19.3 Å². The van der Waals surface area contributed by atoms with Crippen LogP contribution in [-0.2, 0) is 24.4 Å². The number of nitrogens with one attached hydrogen (secondary N) is 1. The van der Waals surface area contributed by atoms with Gasteiger partial charge in [-0.3, -0.25) is 4.79 Å². The minimum absolute atomic E-state index is 0.197. The van der Waals surface area contributed by atoms with E-state index in [0.29, 0.717) is 23.4 Å². The van der Waals surface area contributed by atoms with Gasteiger partial charge in [-0.2, -0.15) is 0 Å². The molecular weight excluding hydrogens is 541 g/mol. The lowest BCUT2D eigenvalue weighted by Crippen LogP contribution is -2.53. The number of amides is 1. The quantitative estimate of drug-likeness (QED) is 0.306. The minimum atomic E-state index is -1.57. The van der Waals surface area contributed by atoms with E-state index in [1.807, 2.05) is 0 Å². The molecule has 1 aromatic rings. The van der Waals surface area contributed by atoms with Gasteiger partial charge in [0.25, 0.3) is 0 Å². The fourth-order valence-corrected chi connectivity index (χ4v) is 5.54. The Morgan fingerprint density at radius 3 is 2.48 bits per heavy atom. The highest BCUT2D eigenvalue weighted by molar-refractivity contribution is 6.30. The van der Waals surface area contributed by atoms with Crippen LogP contribution in [0.4, 0.5) is 14.0 Å². The van der Waals surface area contributed by atoms with Crippen LogP contribution in [-0.4, -0.2) is 53.3 Å². The number of benzene rings is 1. The minimum Gasteiger partial charge on any atom is -0.481 e. The van der Waals surface area contributed by atoms with Crippen molar-refractivity contribution >= 4 is 29.8 Å². The Balaban J connectivity index is 1.95. The molecule has 40 heavy (non-hydrogen) atoms. The van der Waals surface area contributed by atoms with Crippen molar-refractivity contribution in [2.75, 3.05) is 0 Å². The molecule has 4 unspecified atom stereocenters.